The van der Waals surface area contributed by atoms with Crippen LogP contribution in [0.15, 0.2) is 0 Å². The third kappa shape index (κ3) is 1.32. The molecule has 1 aliphatic rings. The normalized spacial score (nSPS) is 55.5. The average molecular weight is 182 g/mol. The molecule has 5 nitrogen and oxygen atoms in total. The number of rotatable bonds is 0. The summed E-state index contributed by atoms with van der Waals surface area (Å²) in [5.74, 6) is 0. The Morgan fingerprint density at radius 1 is 0.583 bits per heavy atom. The zero-order valence-corrected chi connectivity index (χ0v) is 6.08. The molecule has 0 aromatic heterocycles. The van der Waals surface area contributed by atoms with Crippen LogP contribution in [0.4, 0.5) is 4.39 Å². The second-order valence-corrected chi connectivity index (χ2v) is 2.90. The van der Waals surface area contributed by atoms with Crippen LogP contribution in [0, 0.1) is 0 Å². The van der Waals surface area contributed by atoms with Gasteiger partial charge in [-0.05, 0) is 0 Å². The van der Waals surface area contributed by atoms with Crippen LogP contribution in [0.1, 0.15) is 0 Å². The molecule has 0 radical (unpaired) electrons. The second kappa shape index (κ2) is 3.23. The number of aliphatic hydroxyl groups excluding tert-OH is 5. The van der Waals surface area contributed by atoms with Crippen molar-refractivity contribution in [2.45, 2.75) is 36.7 Å². The Bertz CT molecular complexity index is 107. The molecule has 4 atom stereocenters. The summed E-state index contributed by atoms with van der Waals surface area (Å²) in [4.78, 5) is 0. The maximum Gasteiger partial charge on any atom is 0.157 e. The molecule has 0 bridgehead atoms. The molecule has 6 heteroatoms. The van der Waals surface area contributed by atoms with E-state index in [1.54, 1.807) is 0 Å². The summed E-state index contributed by atoms with van der Waals surface area (Å²) >= 11 is 0. The molecule has 0 aromatic rings. The van der Waals surface area contributed by atoms with Crippen LogP contribution < -0.4 is 0 Å². The van der Waals surface area contributed by atoms with Crippen molar-refractivity contribution in [1.29, 1.82) is 0 Å². The van der Waals surface area contributed by atoms with Crippen molar-refractivity contribution in [3.63, 3.8) is 0 Å². The maximum absolute atomic E-state index is 12.7. The lowest BCUT2D eigenvalue weighted by Crippen LogP contribution is -2.62. The molecule has 72 valence electrons. The van der Waals surface area contributed by atoms with Crippen molar-refractivity contribution >= 4 is 0 Å². The van der Waals surface area contributed by atoms with Crippen LogP contribution in [-0.4, -0.2) is 62.2 Å². The van der Waals surface area contributed by atoms with Crippen molar-refractivity contribution in [2.75, 3.05) is 0 Å². The zero-order chi connectivity index (χ0) is 9.46. The third-order valence-electron chi connectivity index (χ3n) is 2.05. The number of hydrogen-bond acceptors (Lipinski definition) is 5. The lowest BCUT2D eigenvalue weighted by Gasteiger charge is -2.38. The van der Waals surface area contributed by atoms with E-state index in [4.69, 9.17) is 25.5 Å². The van der Waals surface area contributed by atoms with Gasteiger partial charge in [-0.3, -0.25) is 0 Å². The van der Waals surface area contributed by atoms with Gasteiger partial charge in [-0.1, -0.05) is 0 Å². The van der Waals surface area contributed by atoms with Crippen LogP contribution in [0.5, 0.6) is 0 Å². The molecule has 1 rings (SSSR count). The highest BCUT2D eigenvalue weighted by Gasteiger charge is 2.48. The lowest BCUT2D eigenvalue weighted by molar-refractivity contribution is -0.206. The molecule has 5 N–H and O–H groups in total. The standard InChI is InChI=1S/C6H11FO5/c7-1-2(8)4(10)6(12)5(11)3(1)9/h1-6,8-12H/t1?,2-,3-,4+,5+,6?/m1/s1. The van der Waals surface area contributed by atoms with Gasteiger partial charge in [-0.15, -0.1) is 0 Å². The minimum absolute atomic E-state index is 1.72. The van der Waals surface area contributed by atoms with E-state index >= 15 is 0 Å². The van der Waals surface area contributed by atoms with E-state index in [9.17, 15) is 4.39 Å². The fourth-order valence-electron chi connectivity index (χ4n) is 1.18. The number of halogens is 1. The van der Waals surface area contributed by atoms with Gasteiger partial charge in [0.05, 0.1) is 0 Å². The number of alkyl halides is 1. The van der Waals surface area contributed by atoms with Gasteiger partial charge in [-0.2, -0.15) is 0 Å². The molecular formula is C6H11FO5. The molecule has 1 aliphatic carbocycles. The van der Waals surface area contributed by atoms with Gasteiger partial charge >= 0.3 is 0 Å². The Hall–Kier alpha value is -0.270. The highest BCUT2D eigenvalue weighted by molar-refractivity contribution is 4.98. The summed E-state index contributed by atoms with van der Waals surface area (Å²) in [6.07, 6.45) is -11.1. The first kappa shape index (κ1) is 9.82. The van der Waals surface area contributed by atoms with Crippen molar-refractivity contribution < 1.29 is 29.9 Å². The summed E-state index contributed by atoms with van der Waals surface area (Å²) in [5.41, 5.74) is 0. The minimum Gasteiger partial charge on any atom is -0.387 e. The van der Waals surface area contributed by atoms with Crippen molar-refractivity contribution in [1.82, 2.24) is 0 Å². The fraction of sp³-hybridized carbons (Fsp3) is 1.00. The highest BCUT2D eigenvalue weighted by Crippen LogP contribution is 2.23. The summed E-state index contributed by atoms with van der Waals surface area (Å²) in [5, 5.41) is 44.4. The molecule has 0 spiro atoms. The first-order valence-electron chi connectivity index (χ1n) is 3.51. The van der Waals surface area contributed by atoms with Crippen LogP contribution in [-0.2, 0) is 0 Å². The van der Waals surface area contributed by atoms with Gasteiger partial charge in [0.25, 0.3) is 0 Å². The highest BCUT2D eigenvalue weighted by atomic mass is 19.1. The topological polar surface area (TPSA) is 101 Å². The fourth-order valence-corrected chi connectivity index (χ4v) is 1.18. The number of aliphatic hydroxyl groups is 5. The average Bonchev–Trinajstić information content (AvgIpc) is 2.08. The van der Waals surface area contributed by atoms with Crippen molar-refractivity contribution in [3.8, 4) is 0 Å². The molecule has 0 heterocycles. The molecule has 0 amide bonds. The summed E-state index contributed by atoms with van der Waals surface area (Å²) in [7, 11) is 0. The second-order valence-electron chi connectivity index (χ2n) is 2.90. The van der Waals surface area contributed by atoms with Crippen LogP contribution >= 0.6 is 0 Å². The van der Waals surface area contributed by atoms with E-state index in [2.05, 4.69) is 0 Å². The van der Waals surface area contributed by atoms with Gasteiger partial charge in [0.2, 0.25) is 0 Å². The molecule has 1 fully saturated rings. The molecule has 1 saturated carbocycles. The zero-order valence-electron chi connectivity index (χ0n) is 6.08. The summed E-state index contributed by atoms with van der Waals surface area (Å²) < 4.78 is 12.7. The molecule has 0 unspecified atom stereocenters. The van der Waals surface area contributed by atoms with Crippen molar-refractivity contribution in [2.24, 2.45) is 0 Å². The van der Waals surface area contributed by atoms with E-state index < -0.39 is 36.7 Å². The Morgan fingerprint density at radius 2 is 0.833 bits per heavy atom. The lowest BCUT2D eigenvalue weighted by atomic mass is 9.86. The molecule has 0 aromatic carbocycles. The Labute approximate surface area is 67.7 Å². The Balaban J connectivity index is 2.76. The van der Waals surface area contributed by atoms with Gasteiger partial charge in [0, 0.05) is 0 Å². The Kier molecular flexibility index (Phi) is 2.64. The summed E-state index contributed by atoms with van der Waals surface area (Å²) in [6.45, 7) is 0. The predicted octanol–water partition coefficient (Wildman–Crippen LogP) is -2.86. The van der Waals surface area contributed by atoms with E-state index in [0.29, 0.717) is 0 Å². The maximum atomic E-state index is 12.7. The Morgan fingerprint density at radius 3 is 1.17 bits per heavy atom. The first-order valence-corrected chi connectivity index (χ1v) is 3.51. The van der Waals surface area contributed by atoms with Crippen LogP contribution in [0.2, 0.25) is 0 Å². The first-order chi connectivity index (χ1) is 5.46. The van der Waals surface area contributed by atoms with Crippen LogP contribution in [0.25, 0.3) is 0 Å². The van der Waals surface area contributed by atoms with Gasteiger partial charge in [-0.25, -0.2) is 4.39 Å². The number of hydrogen-bond donors (Lipinski definition) is 5. The molecular weight excluding hydrogens is 171 g/mol. The van der Waals surface area contributed by atoms with Gasteiger partial charge < -0.3 is 25.5 Å². The molecule has 12 heavy (non-hydrogen) atoms. The van der Waals surface area contributed by atoms with Gasteiger partial charge in [0.15, 0.2) is 6.17 Å². The monoisotopic (exact) mass is 182 g/mol. The molecule has 0 saturated heterocycles. The summed E-state index contributed by atoms with van der Waals surface area (Å²) in [6, 6.07) is 0. The quantitative estimate of drug-likeness (QED) is 0.277. The van der Waals surface area contributed by atoms with E-state index in [0.717, 1.165) is 0 Å². The smallest absolute Gasteiger partial charge is 0.157 e. The van der Waals surface area contributed by atoms with Crippen molar-refractivity contribution in [3.05, 3.63) is 0 Å². The van der Waals surface area contributed by atoms with Crippen LogP contribution in [0.3, 0.4) is 0 Å². The minimum atomic E-state index is -2.14. The SMILES string of the molecule is OC1[C@@H](O)[C@H](O)C(F)[C@@H](O)[C@@H]1O. The van der Waals surface area contributed by atoms with E-state index in [-0.39, 0.29) is 0 Å². The largest absolute Gasteiger partial charge is 0.387 e. The predicted molar refractivity (Wildman–Crippen MR) is 34.9 cm³/mol. The van der Waals surface area contributed by atoms with E-state index in [1.165, 1.54) is 0 Å². The van der Waals surface area contributed by atoms with E-state index in [1.807, 2.05) is 0 Å². The van der Waals surface area contributed by atoms with Gasteiger partial charge in [0.1, 0.15) is 30.5 Å². The third-order valence-corrected chi connectivity index (χ3v) is 2.05. The molecule has 0 aliphatic heterocycles.